The van der Waals surface area contributed by atoms with Gasteiger partial charge < -0.3 is 0 Å². The molecule has 0 heterocycles. The first-order valence-electron chi connectivity index (χ1n) is 6.65. The van der Waals surface area contributed by atoms with Gasteiger partial charge in [0.25, 0.3) is 0 Å². The third-order valence-corrected chi connectivity index (χ3v) is 3.21. The van der Waals surface area contributed by atoms with Gasteiger partial charge in [-0.05, 0) is 43.0 Å². The average Bonchev–Trinajstić information content (AvgIpc) is 2.46. The number of benzene rings is 2. The van der Waals surface area contributed by atoms with Crippen LogP contribution in [0.2, 0.25) is 0 Å². The summed E-state index contributed by atoms with van der Waals surface area (Å²) >= 11 is 0. The van der Waals surface area contributed by atoms with E-state index in [1.807, 2.05) is 0 Å². The zero-order chi connectivity index (χ0) is 13.7. The average molecular weight is 248 g/mol. The normalized spacial score (nSPS) is 11.2. The third kappa shape index (κ3) is 3.45. The Morgan fingerprint density at radius 2 is 1.16 bits per heavy atom. The minimum Gasteiger partial charge on any atom is -0.0686 e. The molecule has 96 valence electrons. The number of hydrogen-bond donors (Lipinski definition) is 0. The van der Waals surface area contributed by atoms with Crippen LogP contribution in [0.1, 0.15) is 31.9 Å². The summed E-state index contributed by atoms with van der Waals surface area (Å²) in [7, 11) is 0. The highest BCUT2D eigenvalue weighted by Crippen LogP contribution is 2.24. The Balaban J connectivity index is 2.41. The molecule has 2 aromatic rings. The molecular formula is C19H20. The maximum atomic E-state index is 2.28. The largest absolute Gasteiger partial charge is 0.0686 e. The topological polar surface area (TPSA) is 0 Å². The third-order valence-electron chi connectivity index (χ3n) is 3.21. The van der Waals surface area contributed by atoms with Gasteiger partial charge in [-0.25, -0.2) is 0 Å². The van der Waals surface area contributed by atoms with Crippen LogP contribution in [0.3, 0.4) is 0 Å². The van der Waals surface area contributed by atoms with Crippen LogP contribution >= 0.6 is 0 Å². The van der Waals surface area contributed by atoms with Crippen molar-refractivity contribution in [1.29, 1.82) is 0 Å². The molecule has 0 fully saturated rings. The van der Waals surface area contributed by atoms with Crippen LogP contribution in [0.15, 0.2) is 72.3 Å². The second-order valence-electron chi connectivity index (χ2n) is 4.97. The molecule has 2 aromatic carbocycles. The van der Waals surface area contributed by atoms with Gasteiger partial charge in [0.1, 0.15) is 0 Å². The molecule has 0 bridgehead atoms. The Kier molecular flexibility index (Phi) is 4.35. The van der Waals surface area contributed by atoms with Gasteiger partial charge in [0.15, 0.2) is 0 Å². The van der Waals surface area contributed by atoms with Crippen molar-refractivity contribution >= 4 is 11.1 Å². The highest BCUT2D eigenvalue weighted by molar-refractivity contribution is 5.84. The molecule has 0 saturated carbocycles. The van der Waals surface area contributed by atoms with E-state index in [1.54, 1.807) is 0 Å². The smallest absolute Gasteiger partial charge is 0.0185 e. The first-order valence-corrected chi connectivity index (χ1v) is 6.65. The summed E-state index contributed by atoms with van der Waals surface area (Å²) in [4.78, 5) is 0. The lowest BCUT2D eigenvalue weighted by Crippen LogP contribution is -1.86. The van der Waals surface area contributed by atoms with Gasteiger partial charge in [-0.3, -0.25) is 0 Å². The van der Waals surface area contributed by atoms with Crippen molar-refractivity contribution in [1.82, 2.24) is 0 Å². The Morgan fingerprint density at radius 3 is 1.63 bits per heavy atom. The molecule has 0 aromatic heterocycles. The highest BCUT2D eigenvalue weighted by Gasteiger charge is 2.02. The van der Waals surface area contributed by atoms with Gasteiger partial charge in [-0.1, -0.05) is 72.3 Å². The van der Waals surface area contributed by atoms with Crippen LogP contribution in [0.4, 0.5) is 0 Å². The molecule has 0 aliphatic heterocycles. The van der Waals surface area contributed by atoms with E-state index >= 15 is 0 Å². The molecule has 19 heavy (non-hydrogen) atoms. The minimum absolute atomic E-state index is 1.28. The van der Waals surface area contributed by atoms with Crippen molar-refractivity contribution < 1.29 is 0 Å². The monoisotopic (exact) mass is 248 g/mol. The predicted molar refractivity (Wildman–Crippen MR) is 84.8 cm³/mol. The highest BCUT2D eigenvalue weighted by atomic mass is 14.1. The Morgan fingerprint density at radius 1 is 0.684 bits per heavy atom. The van der Waals surface area contributed by atoms with Gasteiger partial charge in [0, 0.05) is 0 Å². The predicted octanol–water partition coefficient (Wildman–Crippen LogP) is 5.58. The molecule has 0 spiro atoms. The lowest BCUT2D eigenvalue weighted by atomic mass is 9.97. The summed E-state index contributed by atoms with van der Waals surface area (Å²) in [5, 5.41) is 0. The molecule has 0 nitrogen and oxygen atoms in total. The van der Waals surface area contributed by atoms with Crippen LogP contribution in [-0.4, -0.2) is 0 Å². The van der Waals surface area contributed by atoms with E-state index < -0.39 is 0 Å². The molecule has 0 aliphatic carbocycles. The second-order valence-corrected chi connectivity index (χ2v) is 4.97. The van der Waals surface area contributed by atoms with Crippen LogP contribution in [0.25, 0.3) is 11.1 Å². The molecule has 0 radical (unpaired) electrons. The molecule has 2 rings (SSSR count). The van der Waals surface area contributed by atoms with E-state index in [2.05, 4.69) is 87.5 Å². The molecule has 0 heteroatoms. The molecule has 0 aliphatic rings. The lowest BCUT2D eigenvalue weighted by Gasteiger charge is -2.08. The Labute approximate surface area is 116 Å². The summed E-state index contributed by atoms with van der Waals surface area (Å²) in [5.74, 6) is 0. The summed E-state index contributed by atoms with van der Waals surface area (Å²) in [6.07, 6.45) is 2.28. The van der Waals surface area contributed by atoms with E-state index in [-0.39, 0.29) is 0 Å². The van der Waals surface area contributed by atoms with Gasteiger partial charge >= 0.3 is 0 Å². The number of rotatable bonds is 3. The van der Waals surface area contributed by atoms with E-state index in [0.717, 1.165) is 0 Å². The van der Waals surface area contributed by atoms with Crippen molar-refractivity contribution in [2.75, 3.05) is 0 Å². The number of allylic oxidation sites excluding steroid dienone is 4. The van der Waals surface area contributed by atoms with Gasteiger partial charge in [0.2, 0.25) is 0 Å². The van der Waals surface area contributed by atoms with Gasteiger partial charge in [0.05, 0.1) is 0 Å². The lowest BCUT2D eigenvalue weighted by molar-refractivity contribution is 1.39. The fraction of sp³-hybridized carbons (Fsp3) is 0.158. The van der Waals surface area contributed by atoms with E-state index in [1.165, 1.54) is 27.8 Å². The van der Waals surface area contributed by atoms with Crippen LogP contribution in [0.5, 0.6) is 0 Å². The standard InChI is InChI=1S/C19H20/c1-15(2)19(18-12-8-5-9-13-18)14-16(3)17-10-6-4-7-11-17/h4-14H,1-3H3/b16-14+. The van der Waals surface area contributed by atoms with E-state index in [4.69, 9.17) is 0 Å². The fourth-order valence-electron chi connectivity index (χ4n) is 2.13. The molecule has 0 atom stereocenters. The molecular weight excluding hydrogens is 228 g/mol. The molecule has 0 saturated heterocycles. The summed E-state index contributed by atoms with van der Waals surface area (Å²) < 4.78 is 0. The van der Waals surface area contributed by atoms with Crippen molar-refractivity contribution in [3.63, 3.8) is 0 Å². The van der Waals surface area contributed by atoms with Crippen molar-refractivity contribution in [3.05, 3.63) is 83.4 Å². The van der Waals surface area contributed by atoms with Crippen molar-refractivity contribution in [3.8, 4) is 0 Å². The maximum Gasteiger partial charge on any atom is -0.0185 e. The van der Waals surface area contributed by atoms with Gasteiger partial charge in [-0.2, -0.15) is 0 Å². The number of hydrogen-bond acceptors (Lipinski definition) is 0. The Hall–Kier alpha value is -2.08. The summed E-state index contributed by atoms with van der Waals surface area (Å²) in [5.41, 5.74) is 6.49. The van der Waals surface area contributed by atoms with Crippen LogP contribution in [0, 0.1) is 0 Å². The van der Waals surface area contributed by atoms with E-state index in [9.17, 15) is 0 Å². The fourth-order valence-corrected chi connectivity index (χ4v) is 2.13. The van der Waals surface area contributed by atoms with Crippen molar-refractivity contribution in [2.45, 2.75) is 20.8 Å². The molecule has 0 amide bonds. The zero-order valence-corrected chi connectivity index (χ0v) is 11.9. The van der Waals surface area contributed by atoms with Crippen molar-refractivity contribution in [2.24, 2.45) is 0 Å². The Bertz CT molecular complexity index is 582. The quantitative estimate of drug-likeness (QED) is 0.622. The first-order chi connectivity index (χ1) is 9.18. The van der Waals surface area contributed by atoms with Gasteiger partial charge in [-0.15, -0.1) is 0 Å². The summed E-state index contributed by atoms with van der Waals surface area (Å²) in [6, 6.07) is 21.1. The summed E-state index contributed by atoms with van der Waals surface area (Å²) in [6.45, 7) is 6.50. The maximum absolute atomic E-state index is 2.28. The second kappa shape index (κ2) is 6.19. The zero-order valence-electron chi connectivity index (χ0n) is 11.9. The minimum atomic E-state index is 1.28. The van der Waals surface area contributed by atoms with Crippen LogP contribution < -0.4 is 0 Å². The molecule has 0 unspecified atom stereocenters. The first kappa shape index (κ1) is 13.4. The molecule has 0 N–H and O–H groups in total. The van der Waals surface area contributed by atoms with Crippen LogP contribution in [-0.2, 0) is 0 Å². The van der Waals surface area contributed by atoms with E-state index in [0.29, 0.717) is 0 Å². The SMILES string of the molecule is CC(C)=C(/C=C(\C)c1ccccc1)c1ccccc1.